The summed E-state index contributed by atoms with van der Waals surface area (Å²) < 4.78 is 27.4. The third-order valence-corrected chi connectivity index (χ3v) is 4.86. The molecule has 0 heterocycles. The van der Waals surface area contributed by atoms with Crippen LogP contribution in [-0.4, -0.2) is 20.5 Å². The van der Waals surface area contributed by atoms with E-state index in [1.54, 1.807) is 12.1 Å². The summed E-state index contributed by atoms with van der Waals surface area (Å²) in [6, 6.07) is 7.18. The van der Waals surface area contributed by atoms with E-state index in [0.717, 1.165) is 12.8 Å². The zero-order valence-electron chi connectivity index (χ0n) is 13.7. The van der Waals surface area contributed by atoms with Crippen LogP contribution >= 0.6 is 0 Å². The Hall–Kier alpha value is -1.07. The van der Waals surface area contributed by atoms with Gasteiger partial charge < -0.3 is 5.32 Å². The number of sulfonamides is 1. The highest BCUT2D eigenvalue weighted by Gasteiger charge is 2.19. The minimum absolute atomic E-state index is 0.124. The first-order valence-electron chi connectivity index (χ1n) is 7.60. The average molecular weight is 312 g/mol. The highest BCUT2D eigenvalue weighted by Crippen LogP contribution is 2.22. The number of benzene rings is 1. The standard InChI is InChI=1S/C16H28N2O2S/c1-12(2)10-11-14(5)17-15-8-6-7-9-16(15)21(19,20)18-13(3)4/h6-9,12-14,17-18H,10-11H2,1-5H3. The van der Waals surface area contributed by atoms with Crippen LogP contribution in [0.1, 0.15) is 47.5 Å². The summed E-state index contributed by atoms with van der Waals surface area (Å²) in [5.74, 6) is 0.649. The summed E-state index contributed by atoms with van der Waals surface area (Å²) in [7, 11) is -3.48. The first kappa shape index (κ1) is 18.0. The molecule has 0 fully saturated rings. The molecule has 1 aromatic carbocycles. The first-order valence-corrected chi connectivity index (χ1v) is 9.08. The van der Waals surface area contributed by atoms with E-state index in [9.17, 15) is 8.42 Å². The summed E-state index contributed by atoms with van der Waals surface area (Å²) in [6.07, 6.45) is 2.14. The number of rotatable bonds is 8. The first-order chi connectivity index (χ1) is 9.72. The van der Waals surface area contributed by atoms with E-state index in [4.69, 9.17) is 0 Å². The van der Waals surface area contributed by atoms with Crippen LogP contribution < -0.4 is 10.0 Å². The average Bonchev–Trinajstić information content (AvgIpc) is 2.35. The molecule has 0 aliphatic rings. The normalized spacial score (nSPS) is 13.7. The van der Waals surface area contributed by atoms with Gasteiger partial charge in [-0.25, -0.2) is 13.1 Å². The Balaban J connectivity index is 2.89. The molecule has 0 aliphatic heterocycles. The van der Waals surface area contributed by atoms with Gasteiger partial charge in [0.05, 0.1) is 5.69 Å². The van der Waals surface area contributed by atoms with Crippen molar-refractivity contribution in [3.05, 3.63) is 24.3 Å². The Morgan fingerprint density at radius 2 is 1.62 bits per heavy atom. The van der Waals surface area contributed by atoms with Gasteiger partial charge in [0.1, 0.15) is 4.90 Å². The van der Waals surface area contributed by atoms with Crippen LogP contribution in [0.25, 0.3) is 0 Å². The second-order valence-electron chi connectivity index (χ2n) is 6.29. The van der Waals surface area contributed by atoms with Crippen molar-refractivity contribution >= 4 is 15.7 Å². The monoisotopic (exact) mass is 312 g/mol. The summed E-state index contributed by atoms with van der Waals surface area (Å²) in [4.78, 5) is 0.315. The van der Waals surface area contributed by atoms with Crippen LogP contribution in [0, 0.1) is 5.92 Å². The highest BCUT2D eigenvalue weighted by atomic mass is 32.2. The molecule has 0 aliphatic carbocycles. The molecule has 0 amide bonds. The minimum atomic E-state index is -3.48. The van der Waals surface area contributed by atoms with E-state index in [-0.39, 0.29) is 12.1 Å². The molecule has 0 spiro atoms. The fraction of sp³-hybridized carbons (Fsp3) is 0.625. The topological polar surface area (TPSA) is 58.2 Å². The van der Waals surface area contributed by atoms with Gasteiger partial charge in [-0.1, -0.05) is 26.0 Å². The molecular formula is C16H28N2O2S. The van der Waals surface area contributed by atoms with Gasteiger partial charge in [-0.3, -0.25) is 0 Å². The molecule has 4 nitrogen and oxygen atoms in total. The summed E-state index contributed by atoms with van der Waals surface area (Å²) in [5, 5.41) is 3.33. The molecular weight excluding hydrogens is 284 g/mol. The number of hydrogen-bond donors (Lipinski definition) is 2. The van der Waals surface area contributed by atoms with Crippen LogP contribution in [-0.2, 0) is 10.0 Å². The van der Waals surface area contributed by atoms with Gasteiger partial charge in [-0.15, -0.1) is 0 Å². The Morgan fingerprint density at radius 3 is 2.19 bits per heavy atom. The second-order valence-corrected chi connectivity index (χ2v) is 7.97. The third kappa shape index (κ3) is 6.06. The Labute approximate surface area is 129 Å². The molecule has 1 aromatic rings. The molecule has 21 heavy (non-hydrogen) atoms. The van der Waals surface area contributed by atoms with Crippen molar-refractivity contribution in [2.24, 2.45) is 5.92 Å². The maximum atomic E-state index is 12.4. The Kier molecular flexibility index (Phi) is 6.68. The fourth-order valence-corrected chi connectivity index (χ4v) is 3.54. The van der Waals surface area contributed by atoms with Crippen molar-refractivity contribution in [1.29, 1.82) is 0 Å². The van der Waals surface area contributed by atoms with Gasteiger partial charge in [-0.2, -0.15) is 0 Å². The zero-order valence-corrected chi connectivity index (χ0v) is 14.5. The van der Waals surface area contributed by atoms with Crippen molar-refractivity contribution in [2.75, 3.05) is 5.32 Å². The Morgan fingerprint density at radius 1 is 1.00 bits per heavy atom. The molecule has 0 saturated carbocycles. The van der Waals surface area contributed by atoms with Crippen LogP contribution in [0.2, 0.25) is 0 Å². The molecule has 0 aromatic heterocycles. The lowest BCUT2D eigenvalue weighted by molar-refractivity contribution is 0.527. The molecule has 0 bridgehead atoms. The SMILES string of the molecule is CC(C)CCC(C)Nc1ccccc1S(=O)(=O)NC(C)C. The largest absolute Gasteiger partial charge is 0.381 e. The summed E-state index contributed by atoms with van der Waals surface area (Å²) in [5.41, 5.74) is 0.668. The van der Waals surface area contributed by atoms with E-state index < -0.39 is 10.0 Å². The maximum Gasteiger partial charge on any atom is 0.242 e. The van der Waals surface area contributed by atoms with Crippen molar-refractivity contribution in [2.45, 2.75) is 64.4 Å². The minimum Gasteiger partial charge on any atom is -0.381 e. The third-order valence-electron chi connectivity index (χ3n) is 3.15. The lowest BCUT2D eigenvalue weighted by atomic mass is 10.0. The smallest absolute Gasteiger partial charge is 0.242 e. The zero-order chi connectivity index (χ0) is 16.0. The summed E-state index contributed by atoms with van der Waals surface area (Å²) in [6.45, 7) is 10.1. The van der Waals surface area contributed by atoms with Crippen LogP contribution in [0.3, 0.4) is 0 Å². The van der Waals surface area contributed by atoms with E-state index in [0.29, 0.717) is 16.5 Å². The van der Waals surface area contributed by atoms with E-state index in [2.05, 4.69) is 30.8 Å². The van der Waals surface area contributed by atoms with Gasteiger partial charge in [0.25, 0.3) is 0 Å². The molecule has 120 valence electrons. The fourth-order valence-electron chi connectivity index (χ4n) is 2.11. The van der Waals surface area contributed by atoms with E-state index in [1.165, 1.54) is 0 Å². The van der Waals surface area contributed by atoms with Crippen molar-refractivity contribution in [3.63, 3.8) is 0 Å². The van der Waals surface area contributed by atoms with Crippen molar-refractivity contribution in [1.82, 2.24) is 4.72 Å². The van der Waals surface area contributed by atoms with Crippen LogP contribution in [0.5, 0.6) is 0 Å². The quantitative estimate of drug-likeness (QED) is 0.771. The maximum absolute atomic E-state index is 12.4. The van der Waals surface area contributed by atoms with Gasteiger partial charge in [-0.05, 0) is 51.7 Å². The van der Waals surface area contributed by atoms with Crippen LogP contribution in [0.4, 0.5) is 5.69 Å². The molecule has 1 rings (SSSR count). The predicted octanol–water partition coefficient (Wildman–Crippen LogP) is 3.61. The predicted molar refractivity (Wildman–Crippen MR) is 89.1 cm³/mol. The van der Waals surface area contributed by atoms with Gasteiger partial charge in [0.2, 0.25) is 10.0 Å². The molecule has 2 N–H and O–H groups in total. The number of nitrogens with one attached hydrogen (secondary N) is 2. The number of para-hydroxylation sites is 1. The van der Waals surface area contributed by atoms with Gasteiger partial charge in [0.15, 0.2) is 0 Å². The molecule has 1 atom stereocenters. The second kappa shape index (κ2) is 7.80. The van der Waals surface area contributed by atoms with Gasteiger partial charge >= 0.3 is 0 Å². The lowest BCUT2D eigenvalue weighted by Gasteiger charge is -2.19. The lowest BCUT2D eigenvalue weighted by Crippen LogP contribution is -2.31. The molecule has 5 heteroatoms. The number of anilines is 1. The van der Waals surface area contributed by atoms with E-state index >= 15 is 0 Å². The van der Waals surface area contributed by atoms with Crippen molar-refractivity contribution < 1.29 is 8.42 Å². The van der Waals surface area contributed by atoms with Gasteiger partial charge in [0, 0.05) is 12.1 Å². The van der Waals surface area contributed by atoms with Crippen molar-refractivity contribution in [3.8, 4) is 0 Å². The number of hydrogen-bond acceptors (Lipinski definition) is 3. The van der Waals surface area contributed by atoms with Crippen LogP contribution in [0.15, 0.2) is 29.2 Å². The molecule has 0 radical (unpaired) electrons. The molecule has 1 unspecified atom stereocenters. The van der Waals surface area contributed by atoms with E-state index in [1.807, 2.05) is 26.0 Å². The molecule has 0 saturated heterocycles. The highest BCUT2D eigenvalue weighted by molar-refractivity contribution is 7.89. The summed E-state index contributed by atoms with van der Waals surface area (Å²) >= 11 is 0. The Bertz CT molecular complexity index is 539.